The number of benzene rings is 1. The van der Waals surface area contributed by atoms with Gasteiger partial charge in [-0.15, -0.1) is 0 Å². The molecular weight excluding hydrogens is 416 g/mol. The molecule has 1 fully saturated rings. The number of sulfonamides is 2. The molecule has 0 bridgehead atoms. The lowest BCUT2D eigenvalue weighted by Crippen LogP contribution is -2.37. The maximum atomic E-state index is 12.6. The van der Waals surface area contributed by atoms with Gasteiger partial charge in [0.2, 0.25) is 25.9 Å². The third-order valence-electron chi connectivity index (χ3n) is 5.57. The molecule has 0 spiro atoms. The molecule has 11 heteroatoms. The SMILES string of the molecule is CS(=O)(=O)N1CCC(c2noc(CNS(=O)(=O)c3ccc4c(c3)CCC4)n2)CC1. The Bertz CT molecular complexity index is 1100. The highest BCUT2D eigenvalue weighted by Gasteiger charge is 2.28. The van der Waals surface area contributed by atoms with Crippen LogP contribution in [0.15, 0.2) is 27.6 Å². The molecule has 1 aromatic carbocycles. The summed E-state index contributed by atoms with van der Waals surface area (Å²) in [6, 6.07) is 5.24. The quantitative estimate of drug-likeness (QED) is 0.715. The van der Waals surface area contributed by atoms with E-state index in [0.717, 1.165) is 24.8 Å². The van der Waals surface area contributed by atoms with Gasteiger partial charge in [0.25, 0.3) is 0 Å². The molecule has 2 aliphatic rings. The Labute approximate surface area is 170 Å². The van der Waals surface area contributed by atoms with Crippen LogP contribution in [0, 0.1) is 0 Å². The standard InChI is InChI=1S/C18H24N4O5S2/c1-28(23,24)22-9-7-14(8-10-22)18-20-17(27-21-18)12-19-29(25,26)16-6-5-13-3-2-4-15(13)11-16/h5-6,11,14,19H,2-4,7-10,12H2,1H3. The monoisotopic (exact) mass is 440 g/mol. The van der Waals surface area contributed by atoms with Gasteiger partial charge in [0.05, 0.1) is 17.7 Å². The van der Waals surface area contributed by atoms with Crippen molar-refractivity contribution in [1.82, 2.24) is 19.2 Å². The van der Waals surface area contributed by atoms with Crippen LogP contribution in [-0.4, -0.2) is 50.6 Å². The first-order valence-corrected chi connectivity index (χ1v) is 12.9. The average Bonchev–Trinajstić information content (AvgIpc) is 3.34. The Hall–Kier alpha value is -1.82. The minimum absolute atomic E-state index is 0.00109. The molecule has 1 N–H and O–H groups in total. The van der Waals surface area contributed by atoms with E-state index >= 15 is 0 Å². The molecule has 1 aromatic heterocycles. The van der Waals surface area contributed by atoms with Crippen molar-refractivity contribution in [3.63, 3.8) is 0 Å². The number of hydrogen-bond acceptors (Lipinski definition) is 7. The zero-order valence-corrected chi connectivity index (χ0v) is 17.8. The Balaban J connectivity index is 1.37. The topological polar surface area (TPSA) is 122 Å². The average molecular weight is 441 g/mol. The van der Waals surface area contributed by atoms with Crippen molar-refractivity contribution in [3.05, 3.63) is 41.0 Å². The molecule has 0 unspecified atom stereocenters. The number of aromatic nitrogens is 2. The molecule has 1 aliphatic heterocycles. The van der Waals surface area contributed by atoms with Crippen molar-refractivity contribution in [2.75, 3.05) is 19.3 Å². The van der Waals surface area contributed by atoms with Gasteiger partial charge in [-0.2, -0.15) is 4.98 Å². The van der Waals surface area contributed by atoms with Crippen LogP contribution < -0.4 is 4.72 Å². The smallest absolute Gasteiger partial charge is 0.241 e. The van der Waals surface area contributed by atoms with E-state index in [4.69, 9.17) is 4.52 Å². The number of aryl methyl sites for hydroxylation is 2. The van der Waals surface area contributed by atoms with E-state index in [1.54, 1.807) is 12.1 Å². The van der Waals surface area contributed by atoms with Crippen LogP contribution in [0.5, 0.6) is 0 Å². The summed E-state index contributed by atoms with van der Waals surface area (Å²) in [6.45, 7) is 0.741. The van der Waals surface area contributed by atoms with E-state index in [-0.39, 0.29) is 23.2 Å². The van der Waals surface area contributed by atoms with Gasteiger partial charge in [-0.1, -0.05) is 11.2 Å². The Morgan fingerprint density at radius 1 is 1.14 bits per heavy atom. The number of piperidine rings is 1. The molecule has 158 valence electrons. The summed E-state index contributed by atoms with van der Waals surface area (Å²) in [7, 11) is -6.86. The van der Waals surface area contributed by atoms with E-state index in [0.29, 0.717) is 31.8 Å². The van der Waals surface area contributed by atoms with Gasteiger partial charge < -0.3 is 4.52 Å². The second kappa shape index (κ2) is 7.78. The maximum absolute atomic E-state index is 12.6. The van der Waals surface area contributed by atoms with Gasteiger partial charge in [0.1, 0.15) is 0 Å². The van der Waals surface area contributed by atoms with E-state index < -0.39 is 20.0 Å². The predicted molar refractivity (Wildman–Crippen MR) is 105 cm³/mol. The minimum Gasteiger partial charge on any atom is -0.338 e. The minimum atomic E-state index is -3.67. The number of hydrogen-bond donors (Lipinski definition) is 1. The molecule has 0 saturated carbocycles. The molecule has 1 saturated heterocycles. The number of fused-ring (bicyclic) bond motifs is 1. The van der Waals surface area contributed by atoms with E-state index in [9.17, 15) is 16.8 Å². The highest BCUT2D eigenvalue weighted by molar-refractivity contribution is 7.89. The van der Waals surface area contributed by atoms with Crippen LogP contribution in [0.4, 0.5) is 0 Å². The fourth-order valence-electron chi connectivity index (χ4n) is 3.91. The predicted octanol–water partition coefficient (Wildman–Crippen LogP) is 1.18. The van der Waals surface area contributed by atoms with E-state index in [1.165, 1.54) is 16.1 Å². The summed E-state index contributed by atoms with van der Waals surface area (Å²) in [5.41, 5.74) is 2.31. The molecular formula is C18H24N4O5S2. The lowest BCUT2D eigenvalue weighted by Gasteiger charge is -2.28. The highest BCUT2D eigenvalue weighted by Crippen LogP contribution is 2.27. The fraction of sp³-hybridized carbons (Fsp3) is 0.556. The lowest BCUT2D eigenvalue weighted by atomic mass is 9.98. The van der Waals surface area contributed by atoms with Crippen LogP contribution in [0.25, 0.3) is 0 Å². The molecule has 1 aliphatic carbocycles. The normalized spacial score (nSPS) is 18.8. The number of rotatable bonds is 6. The molecule has 4 rings (SSSR count). The first kappa shape index (κ1) is 20.5. The summed E-state index contributed by atoms with van der Waals surface area (Å²) in [4.78, 5) is 4.54. The maximum Gasteiger partial charge on any atom is 0.241 e. The molecule has 0 amide bonds. The van der Waals surface area contributed by atoms with Crippen LogP contribution in [-0.2, 0) is 39.4 Å². The van der Waals surface area contributed by atoms with Crippen molar-refractivity contribution in [2.24, 2.45) is 0 Å². The van der Waals surface area contributed by atoms with Gasteiger partial charge in [0, 0.05) is 19.0 Å². The van der Waals surface area contributed by atoms with Gasteiger partial charge in [-0.05, 0) is 55.4 Å². The molecule has 2 aromatic rings. The second-order valence-corrected chi connectivity index (χ2v) is 11.3. The number of nitrogens with one attached hydrogen (secondary N) is 1. The molecule has 9 nitrogen and oxygen atoms in total. The zero-order chi connectivity index (χ0) is 20.6. The van der Waals surface area contributed by atoms with Crippen molar-refractivity contribution >= 4 is 20.0 Å². The highest BCUT2D eigenvalue weighted by atomic mass is 32.2. The van der Waals surface area contributed by atoms with Crippen LogP contribution in [0.3, 0.4) is 0 Å². The van der Waals surface area contributed by atoms with Gasteiger partial charge in [-0.3, -0.25) is 0 Å². The Morgan fingerprint density at radius 3 is 2.59 bits per heavy atom. The van der Waals surface area contributed by atoms with E-state index in [2.05, 4.69) is 14.9 Å². The van der Waals surface area contributed by atoms with Crippen LogP contribution in [0.2, 0.25) is 0 Å². The number of nitrogens with zero attached hydrogens (tertiary/aromatic N) is 3. The third kappa shape index (κ3) is 4.52. The summed E-state index contributed by atoms with van der Waals surface area (Å²) >= 11 is 0. The van der Waals surface area contributed by atoms with Crippen molar-refractivity contribution < 1.29 is 21.4 Å². The van der Waals surface area contributed by atoms with Crippen LogP contribution >= 0.6 is 0 Å². The zero-order valence-electron chi connectivity index (χ0n) is 16.2. The summed E-state index contributed by atoms with van der Waals surface area (Å²) in [5.74, 6) is 0.680. The second-order valence-electron chi connectivity index (χ2n) is 7.59. The molecule has 0 atom stereocenters. The van der Waals surface area contributed by atoms with Crippen molar-refractivity contribution in [1.29, 1.82) is 0 Å². The molecule has 29 heavy (non-hydrogen) atoms. The lowest BCUT2D eigenvalue weighted by molar-refractivity contribution is 0.306. The van der Waals surface area contributed by atoms with E-state index in [1.807, 2.05) is 6.07 Å². The first-order chi connectivity index (χ1) is 13.7. The summed E-state index contributed by atoms with van der Waals surface area (Å²) in [6.07, 6.45) is 5.37. The fourth-order valence-corrected chi connectivity index (χ4v) is 5.81. The summed E-state index contributed by atoms with van der Waals surface area (Å²) in [5, 5.41) is 3.96. The molecule has 0 radical (unpaired) electrons. The van der Waals surface area contributed by atoms with Crippen molar-refractivity contribution in [3.8, 4) is 0 Å². The van der Waals surface area contributed by atoms with Crippen LogP contribution in [0.1, 0.15) is 48.0 Å². The Morgan fingerprint density at radius 2 is 1.86 bits per heavy atom. The van der Waals surface area contributed by atoms with Crippen molar-refractivity contribution in [2.45, 2.75) is 49.5 Å². The largest absolute Gasteiger partial charge is 0.338 e. The van der Waals surface area contributed by atoms with Gasteiger partial charge in [-0.25, -0.2) is 25.9 Å². The van der Waals surface area contributed by atoms with Gasteiger partial charge >= 0.3 is 0 Å². The first-order valence-electron chi connectivity index (χ1n) is 9.61. The van der Waals surface area contributed by atoms with Gasteiger partial charge in [0.15, 0.2) is 5.82 Å². The Kier molecular flexibility index (Phi) is 5.49. The third-order valence-corrected chi connectivity index (χ3v) is 8.27. The summed E-state index contributed by atoms with van der Waals surface area (Å²) < 4.78 is 57.5. The molecule has 2 heterocycles.